The zero-order chi connectivity index (χ0) is 11.7. The highest BCUT2D eigenvalue weighted by Crippen LogP contribution is 2.37. The van der Waals surface area contributed by atoms with Gasteiger partial charge in [0, 0.05) is 17.8 Å². The first kappa shape index (κ1) is 9.92. The van der Waals surface area contributed by atoms with Gasteiger partial charge in [-0.2, -0.15) is 5.26 Å². The standard InChI is InChI=1S/C15H12N2/c16-11-14-10-12-6-4-5-9-15(12)17(14)13-7-2-1-3-8-13/h1-9,14H,10H2. The van der Waals surface area contributed by atoms with Gasteiger partial charge >= 0.3 is 0 Å². The molecule has 0 spiro atoms. The van der Waals surface area contributed by atoms with Crippen molar-refractivity contribution in [1.29, 1.82) is 5.26 Å². The number of benzene rings is 2. The topological polar surface area (TPSA) is 27.0 Å². The lowest BCUT2D eigenvalue weighted by atomic mass is 10.1. The molecule has 1 aliphatic heterocycles. The highest BCUT2D eigenvalue weighted by Gasteiger charge is 2.29. The summed E-state index contributed by atoms with van der Waals surface area (Å²) in [5, 5.41) is 9.28. The van der Waals surface area contributed by atoms with Gasteiger partial charge in [-0.15, -0.1) is 0 Å². The van der Waals surface area contributed by atoms with Crippen molar-refractivity contribution in [3.8, 4) is 6.07 Å². The van der Waals surface area contributed by atoms with Crippen molar-refractivity contribution in [3.05, 3.63) is 60.2 Å². The lowest BCUT2D eigenvalue weighted by molar-refractivity contribution is 0.846. The predicted octanol–water partition coefficient (Wildman–Crippen LogP) is 3.27. The number of fused-ring (bicyclic) bond motifs is 1. The average molecular weight is 220 g/mol. The van der Waals surface area contributed by atoms with Crippen LogP contribution in [0.5, 0.6) is 0 Å². The van der Waals surface area contributed by atoms with Crippen LogP contribution in [0.4, 0.5) is 11.4 Å². The zero-order valence-electron chi connectivity index (χ0n) is 9.38. The van der Waals surface area contributed by atoms with Crippen molar-refractivity contribution < 1.29 is 0 Å². The number of rotatable bonds is 1. The summed E-state index contributed by atoms with van der Waals surface area (Å²) in [7, 11) is 0. The van der Waals surface area contributed by atoms with Crippen LogP contribution in [0.25, 0.3) is 0 Å². The van der Waals surface area contributed by atoms with Gasteiger partial charge in [-0.05, 0) is 23.8 Å². The van der Waals surface area contributed by atoms with E-state index in [4.69, 9.17) is 0 Å². The molecule has 1 unspecified atom stereocenters. The zero-order valence-corrected chi connectivity index (χ0v) is 9.38. The fourth-order valence-corrected chi connectivity index (χ4v) is 2.40. The van der Waals surface area contributed by atoms with E-state index in [1.807, 2.05) is 42.5 Å². The second kappa shape index (κ2) is 3.95. The van der Waals surface area contributed by atoms with E-state index < -0.39 is 0 Å². The SMILES string of the molecule is N#CC1Cc2ccccc2N1c1ccccc1. The van der Waals surface area contributed by atoms with E-state index in [9.17, 15) is 5.26 Å². The predicted molar refractivity (Wildman–Crippen MR) is 68.1 cm³/mol. The van der Waals surface area contributed by atoms with Crippen LogP contribution >= 0.6 is 0 Å². The second-order valence-electron chi connectivity index (χ2n) is 4.18. The molecule has 2 aromatic carbocycles. The van der Waals surface area contributed by atoms with Crippen LogP contribution in [0, 0.1) is 11.3 Å². The Balaban J connectivity index is 2.12. The minimum Gasteiger partial charge on any atom is -0.324 e. The maximum Gasteiger partial charge on any atom is 0.125 e. The number of hydrogen-bond acceptors (Lipinski definition) is 2. The van der Waals surface area contributed by atoms with Crippen LogP contribution in [0.3, 0.4) is 0 Å². The van der Waals surface area contributed by atoms with E-state index in [-0.39, 0.29) is 6.04 Å². The lowest BCUT2D eigenvalue weighted by Gasteiger charge is -2.22. The molecule has 0 N–H and O–H groups in total. The molecular weight excluding hydrogens is 208 g/mol. The van der Waals surface area contributed by atoms with Crippen molar-refractivity contribution in [2.75, 3.05) is 4.90 Å². The Morgan fingerprint density at radius 1 is 1.00 bits per heavy atom. The van der Waals surface area contributed by atoms with E-state index in [0.717, 1.165) is 17.8 Å². The largest absolute Gasteiger partial charge is 0.324 e. The maximum absolute atomic E-state index is 9.28. The summed E-state index contributed by atoms with van der Waals surface area (Å²) in [4.78, 5) is 2.12. The van der Waals surface area contributed by atoms with E-state index >= 15 is 0 Å². The second-order valence-corrected chi connectivity index (χ2v) is 4.18. The van der Waals surface area contributed by atoms with Crippen molar-refractivity contribution >= 4 is 11.4 Å². The van der Waals surface area contributed by atoms with E-state index in [2.05, 4.69) is 23.1 Å². The van der Waals surface area contributed by atoms with Crippen LogP contribution in [0.1, 0.15) is 5.56 Å². The minimum atomic E-state index is -0.0881. The van der Waals surface area contributed by atoms with Gasteiger partial charge in [0.25, 0.3) is 0 Å². The summed E-state index contributed by atoms with van der Waals surface area (Å²) in [6, 6.07) is 20.6. The molecule has 1 heterocycles. The molecule has 0 radical (unpaired) electrons. The Hall–Kier alpha value is -2.27. The first-order valence-corrected chi connectivity index (χ1v) is 5.72. The molecule has 0 amide bonds. The number of nitrogens with zero attached hydrogens (tertiary/aromatic N) is 2. The molecule has 2 nitrogen and oxygen atoms in total. The molecule has 0 fully saturated rings. The van der Waals surface area contributed by atoms with Gasteiger partial charge in [-0.3, -0.25) is 0 Å². The quantitative estimate of drug-likeness (QED) is 0.737. The van der Waals surface area contributed by atoms with Gasteiger partial charge in [0.1, 0.15) is 6.04 Å². The molecule has 0 saturated heterocycles. The molecule has 0 aliphatic carbocycles. The third-order valence-electron chi connectivity index (χ3n) is 3.16. The van der Waals surface area contributed by atoms with Crippen LogP contribution in [-0.2, 0) is 6.42 Å². The first-order chi connectivity index (χ1) is 8.40. The smallest absolute Gasteiger partial charge is 0.125 e. The Bertz CT molecular complexity index is 569. The Labute approximate surface area is 101 Å². The summed E-state index contributed by atoms with van der Waals surface area (Å²) in [6.45, 7) is 0. The highest BCUT2D eigenvalue weighted by atomic mass is 15.2. The van der Waals surface area contributed by atoms with E-state index in [0.29, 0.717) is 0 Å². The average Bonchev–Trinajstić information content (AvgIpc) is 2.78. The summed E-state index contributed by atoms with van der Waals surface area (Å²) in [6.07, 6.45) is 0.807. The summed E-state index contributed by atoms with van der Waals surface area (Å²) >= 11 is 0. The van der Waals surface area contributed by atoms with Crippen LogP contribution in [0.2, 0.25) is 0 Å². The summed E-state index contributed by atoms with van der Waals surface area (Å²) in [5.74, 6) is 0. The molecule has 17 heavy (non-hydrogen) atoms. The molecule has 0 bridgehead atoms. The van der Waals surface area contributed by atoms with Crippen molar-refractivity contribution in [2.24, 2.45) is 0 Å². The normalized spacial score (nSPS) is 17.6. The lowest BCUT2D eigenvalue weighted by Crippen LogP contribution is -2.25. The van der Waals surface area contributed by atoms with Gasteiger partial charge in [0.15, 0.2) is 0 Å². The summed E-state index contributed by atoms with van der Waals surface area (Å²) < 4.78 is 0. The van der Waals surface area contributed by atoms with Gasteiger partial charge in [-0.25, -0.2) is 0 Å². The molecule has 0 aromatic heterocycles. The number of nitriles is 1. The van der Waals surface area contributed by atoms with Crippen molar-refractivity contribution in [2.45, 2.75) is 12.5 Å². The molecular formula is C15H12N2. The number of para-hydroxylation sites is 2. The van der Waals surface area contributed by atoms with Gasteiger partial charge in [0.2, 0.25) is 0 Å². The van der Waals surface area contributed by atoms with E-state index in [1.54, 1.807) is 0 Å². The number of anilines is 2. The van der Waals surface area contributed by atoms with Gasteiger partial charge in [-0.1, -0.05) is 36.4 Å². The monoisotopic (exact) mass is 220 g/mol. The summed E-state index contributed by atoms with van der Waals surface area (Å²) in [5.41, 5.74) is 3.50. The molecule has 1 aliphatic rings. The molecule has 2 heteroatoms. The fraction of sp³-hybridized carbons (Fsp3) is 0.133. The Morgan fingerprint density at radius 2 is 1.71 bits per heavy atom. The Morgan fingerprint density at radius 3 is 2.47 bits per heavy atom. The molecule has 1 atom stereocenters. The molecule has 0 saturated carbocycles. The van der Waals surface area contributed by atoms with Gasteiger partial charge in [0.05, 0.1) is 6.07 Å². The fourth-order valence-electron chi connectivity index (χ4n) is 2.40. The Kier molecular flexibility index (Phi) is 2.31. The van der Waals surface area contributed by atoms with E-state index in [1.165, 1.54) is 5.56 Å². The van der Waals surface area contributed by atoms with Gasteiger partial charge < -0.3 is 4.90 Å². The minimum absolute atomic E-state index is 0.0881. The van der Waals surface area contributed by atoms with Crippen LogP contribution in [-0.4, -0.2) is 6.04 Å². The molecule has 2 aromatic rings. The van der Waals surface area contributed by atoms with Crippen LogP contribution in [0.15, 0.2) is 54.6 Å². The molecule has 82 valence electrons. The van der Waals surface area contributed by atoms with Crippen molar-refractivity contribution in [1.82, 2.24) is 0 Å². The highest BCUT2D eigenvalue weighted by molar-refractivity contribution is 5.72. The molecule has 3 rings (SSSR count). The third-order valence-corrected chi connectivity index (χ3v) is 3.16. The van der Waals surface area contributed by atoms with Crippen molar-refractivity contribution in [3.63, 3.8) is 0 Å². The third kappa shape index (κ3) is 1.57. The van der Waals surface area contributed by atoms with Crippen LogP contribution < -0.4 is 4.90 Å². The maximum atomic E-state index is 9.28. The number of hydrogen-bond donors (Lipinski definition) is 0. The first-order valence-electron chi connectivity index (χ1n) is 5.72.